The summed E-state index contributed by atoms with van der Waals surface area (Å²) in [7, 11) is 0. The number of morpholine rings is 1. The van der Waals surface area contributed by atoms with E-state index in [1.54, 1.807) is 29.2 Å². The second kappa shape index (κ2) is 8.22. The maximum atomic E-state index is 12.4. The zero-order valence-corrected chi connectivity index (χ0v) is 15.3. The Hall–Kier alpha value is -2.87. The second-order valence-electron chi connectivity index (χ2n) is 6.54. The minimum absolute atomic E-state index is 0.0391. The van der Waals surface area contributed by atoms with Crippen LogP contribution in [0.4, 0.5) is 5.69 Å². The van der Waals surface area contributed by atoms with Gasteiger partial charge in [0.2, 0.25) is 11.7 Å². The first-order valence-electron chi connectivity index (χ1n) is 8.76. The summed E-state index contributed by atoms with van der Waals surface area (Å²) in [6, 6.07) is 8.99. The third kappa shape index (κ3) is 4.65. The van der Waals surface area contributed by atoms with Crippen LogP contribution >= 0.6 is 0 Å². The molecule has 0 saturated carbocycles. The number of Topliss-reactive ketones (excluding diaryl/α,β-unsaturated/α-hetero) is 1. The van der Waals surface area contributed by atoms with E-state index in [2.05, 4.69) is 5.32 Å². The number of para-hydroxylation sites is 1. The fourth-order valence-electron chi connectivity index (χ4n) is 3.04. The lowest BCUT2D eigenvalue weighted by Crippen LogP contribution is -2.49. The lowest BCUT2D eigenvalue weighted by atomic mass is 10.2. The Bertz CT molecular complexity index is 751. The van der Waals surface area contributed by atoms with Crippen molar-refractivity contribution < 1.29 is 28.6 Å². The van der Waals surface area contributed by atoms with Gasteiger partial charge in [0, 0.05) is 18.8 Å². The number of rotatable bonds is 5. The van der Waals surface area contributed by atoms with E-state index in [0.717, 1.165) is 0 Å². The Labute approximate surface area is 157 Å². The lowest BCUT2D eigenvalue weighted by Gasteiger charge is -2.35. The number of carbonyl (C=O) groups is 3. The van der Waals surface area contributed by atoms with E-state index in [-0.39, 0.29) is 36.2 Å². The van der Waals surface area contributed by atoms with Gasteiger partial charge in [0.05, 0.1) is 12.2 Å². The number of nitrogens with one attached hydrogen (secondary N) is 1. The summed E-state index contributed by atoms with van der Waals surface area (Å²) in [6.45, 7) is 3.95. The monoisotopic (exact) mass is 374 g/mol. The Morgan fingerprint density at radius 2 is 1.85 bits per heavy atom. The molecular weight excluding hydrogens is 352 g/mol. The van der Waals surface area contributed by atoms with Gasteiger partial charge >= 0.3 is 5.97 Å². The molecule has 2 aliphatic rings. The fraction of sp³-hybridized carbons (Fsp3) is 0.421. The molecule has 0 spiro atoms. The van der Waals surface area contributed by atoms with Crippen molar-refractivity contribution in [2.75, 3.05) is 31.6 Å². The highest BCUT2D eigenvalue weighted by atomic mass is 16.5. The normalized spacial score (nSPS) is 22.4. The number of benzene rings is 1. The number of anilines is 1. The molecule has 0 unspecified atom stereocenters. The molecule has 2 heterocycles. The number of esters is 1. The Morgan fingerprint density at radius 1 is 1.19 bits per heavy atom. The van der Waals surface area contributed by atoms with E-state index in [1.807, 2.05) is 19.9 Å². The van der Waals surface area contributed by atoms with Gasteiger partial charge in [0.25, 0.3) is 5.91 Å². The maximum absolute atomic E-state index is 12.4. The van der Waals surface area contributed by atoms with Gasteiger partial charge in [-0.05, 0) is 26.0 Å². The zero-order chi connectivity index (χ0) is 19.4. The van der Waals surface area contributed by atoms with E-state index in [4.69, 9.17) is 14.2 Å². The quantitative estimate of drug-likeness (QED) is 0.609. The number of amides is 1. The molecule has 0 radical (unpaired) electrons. The summed E-state index contributed by atoms with van der Waals surface area (Å²) in [5.41, 5.74) is 0.454. The van der Waals surface area contributed by atoms with Crippen LogP contribution in [0.3, 0.4) is 0 Å². The summed E-state index contributed by atoms with van der Waals surface area (Å²) in [5, 5.41) is 2.89. The number of carbonyl (C=O) groups excluding carboxylic acids is 3. The van der Waals surface area contributed by atoms with Crippen molar-refractivity contribution in [2.24, 2.45) is 0 Å². The second-order valence-corrected chi connectivity index (χ2v) is 6.54. The summed E-state index contributed by atoms with van der Waals surface area (Å²) in [5.74, 6) is -1.65. The van der Waals surface area contributed by atoms with Gasteiger partial charge in [0.1, 0.15) is 0 Å². The van der Waals surface area contributed by atoms with Gasteiger partial charge in [-0.1, -0.05) is 18.2 Å². The Morgan fingerprint density at radius 3 is 2.52 bits per heavy atom. The molecule has 8 nitrogen and oxygen atoms in total. The third-order valence-corrected chi connectivity index (χ3v) is 4.19. The molecular formula is C19H22N2O6. The van der Waals surface area contributed by atoms with Crippen LogP contribution in [0, 0.1) is 0 Å². The average molecular weight is 374 g/mol. The summed E-state index contributed by atoms with van der Waals surface area (Å²) in [6.07, 6.45) is -0.162. The third-order valence-electron chi connectivity index (χ3n) is 4.19. The van der Waals surface area contributed by atoms with Crippen molar-refractivity contribution in [3.63, 3.8) is 0 Å². The molecule has 0 aliphatic carbocycles. The molecule has 1 fully saturated rings. The van der Waals surface area contributed by atoms with Crippen molar-refractivity contribution in [3.8, 4) is 0 Å². The number of ketones is 1. The highest BCUT2D eigenvalue weighted by Crippen LogP contribution is 2.20. The van der Waals surface area contributed by atoms with E-state index in [9.17, 15) is 14.4 Å². The number of hydrogen-bond acceptors (Lipinski definition) is 7. The molecule has 2 atom stereocenters. The molecule has 1 aromatic carbocycles. The Balaban J connectivity index is 1.62. The number of ether oxygens (including phenoxy) is 3. The van der Waals surface area contributed by atoms with Crippen LogP contribution in [0.1, 0.15) is 13.8 Å². The smallest absolute Gasteiger partial charge is 0.347 e. The molecule has 0 bridgehead atoms. The molecule has 1 amide bonds. The van der Waals surface area contributed by atoms with Crippen LogP contribution in [-0.2, 0) is 28.6 Å². The first-order chi connectivity index (χ1) is 12.9. The molecule has 1 N–H and O–H groups in total. The molecule has 8 heteroatoms. The topological polar surface area (TPSA) is 94.2 Å². The highest BCUT2D eigenvalue weighted by molar-refractivity contribution is 6.20. The number of nitrogens with zero attached hydrogens (tertiary/aromatic N) is 1. The molecule has 1 aromatic rings. The molecule has 27 heavy (non-hydrogen) atoms. The fourth-order valence-corrected chi connectivity index (χ4v) is 3.04. The summed E-state index contributed by atoms with van der Waals surface area (Å²) in [4.78, 5) is 38.3. The predicted molar refractivity (Wildman–Crippen MR) is 95.6 cm³/mol. The van der Waals surface area contributed by atoms with Crippen LogP contribution in [0.25, 0.3) is 0 Å². The van der Waals surface area contributed by atoms with E-state index in [1.165, 1.54) is 0 Å². The molecule has 144 valence electrons. The summed E-state index contributed by atoms with van der Waals surface area (Å²) >= 11 is 0. The van der Waals surface area contributed by atoms with Crippen molar-refractivity contribution in [3.05, 3.63) is 41.8 Å². The number of hydrogen-bond donors (Lipinski definition) is 1. The van der Waals surface area contributed by atoms with Gasteiger partial charge in [-0.25, -0.2) is 4.79 Å². The van der Waals surface area contributed by atoms with E-state index in [0.29, 0.717) is 18.8 Å². The van der Waals surface area contributed by atoms with Gasteiger partial charge in [-0.2, -0.15) is 0 Å². The minimum atomic E-state index is -0.876. The van der Waals surface area contributed by atoms with Crippen LogP contribution in [-0.4, -0.2) is 61.1 Å². The first kappa shape index (κ1) is 18.9. The van der Waals surface area contributed by atoms with Crippen molar-refractivity contribution >= 4 is 23.3 Å². The maximum Gasteiger partial charge on any atom is 0.347 e. The first-order valence-corrected chi connectivity index (χ1v) is 8.76. The molecule has 0 aromatic heterocycles. The van der Waals surface area contributed by atoms with Crippen LogP contribution in [0.2, 0.25) is 0 Å². The molecule has 3 rings (SSSR count). The molecule has 2 aliphatic heterocycles. The van der Waals surface area contributed by atoms with Gasteiger partial charge in [0.15, 0.2) is 18.8 Å². The van der Waals surface area contributed by atoms with Crippen molar-refractivity contribution in [1.29, 1.82) is 0 Å². The zero-order valence-electron chi connectivity index (χ0n) is 15.3. The summed E-state index contributed by atoms with van der Waals surface area (Å²) < 4.78 is 15.9. The predicted octanol–water partition coefficient (Wildman–Crippen LogP) is 1.09. The van der Waals surface area contributed by atoms with Crippen molar-refractivity contribution in [2.45, 2.75) is 26.1 Å². The van der Waals surface area contributed by atoms with Crippen molar-refractivity contribution in [1.82, 2.24) is 4.90 Å². The average Bonchev–Trinajstić information content (AvgIpc) is 2.99. The van der Waals surface area contributed by atoms with Gasteiger partial charge in [-0.15, -0.1) is 0 Å². The largest absolute Gasteiger partial charge is 0.470 e. The van der Waals surface area contributed by atoms with E-state index >= 15 is 0 Å². The van der Waals surface area contributed by atoms with Gasteiger partial charge < -0.3 is 24.4 Å². The lowest BCUT2D eigenvalue weighted by molar-refractivity contribution is -0.155. The van der Waals surface area contributed by atoms with Crippen LogP contribution in [0.5, 0.6) is 0 Å². The SMILES string of the molecule is C[C@@H]1CN(C(=O)COC(=O)C2=C(Nc3ccccc3)OCC2=O)C[C@H](C)O1. The van der Waals surface area contributed by atoms with E-state index < -0.39 is 18.4 Å². The minimum Gasteiger partial charge on any atom is -0.470 e. The molecule has 1 saturated heterocycles. The standard InChI is InChI=1S/C19H22N2O6/c1-12-8-21(9-13(2)27-12)16(23)11-26-19(24)17-15(22)10-25-18(17)20-14-6-4-3-5-7-14/h3-7,12-13,20H,8-11H2,1-2H3/t12-,13+. The van der Waals surface area contributed by atoms with Gasteiger partial charge in [-0.3, -0.25) is 9.59 Å². The van der Waals surface area contributed by atoms with Crippen LogP contribution in [0.15, 0.2) is 41.8 Å². The van der Waals surface area contributed by atoms with Crippen LogP contribution < -0.4 is 5.32 Å². The highest BCUT2D eigenvalue weighted by Gasteiger charge is 2.33. The Kier molecular flexibility index (Phi) is 5.75.